The van der Waals surface area contributed by atoms with Gasteiger partial charge in [-0.2, -0.15) is 0 Å². The number of benzene rings is 1. The van der Waals surface area contributed by atoms with Crippen LogP contribution in [0.3, 0.4) is 0 Å². The Bertz CT molecular complexity index is 502. The number of aromatic hydroxyl groups is 1. The molecule has 6 nitrogen and oxygen atoms in total. The molecule has 1 aromatic rings. The molecule has 1 unspecified atom stereocenters. The molecule has 1 atom stereocenters. The van der Waals surface area contributed by atoms with Gasteiger partial charge in [0.15, 0.2) is 0 Å². The maximum absolute atomic E-state index is 10.8. The summed E-state index contributed by atoms with van der Waals surface area (Å²) in [4.78, 5) is 0. The number of methoxy groups -OCH3 is 1. The van der Waals surface area contributed by atoms with E-state index in [1.54, 1.807) is 12.1 Å². The number of nitrogens with two attached hydrogens (primary N) is 1. The molecule has 4 N–H and O–H groups in total. The Balaban J connectivity index is 2.69. The van der Waals surface area contributed by atoms with Crippen LogP contribution in [0.15, 0.2) is 18.2 Å². The van der Waals surface area contributed by atoms with E-state index in [4.69, 9.17) is 9.88 Å². The fraction of sp³-hybridized carbons (Fsp3) is 0.455. The van der Waals surface area contributed by atoms with Crippen molar-refractivity contribution in [1.29, 1.82) is 0 Å². The number of phenolic OH excluding ortho intramolecular Hbond substituents is 1. The maximum atomic E-state index is 10.8. The Morgan fingerprint density at radius 2 is 2.17 bits per heavy atom. The molecule has 7 heteroatoms. The largest absolute Gasteiger partial charge is 0.508 e. The summed E-state index contributed by atoms with van der Waals surface area (Å²) in [6.45, 7) is 2.04. The zero-order valence-corrected chi connectivity index (χ0v) is 11.2. The second-order valence-corrected chi connectivity index (χ2v) is 5.70. The minimum absolute atomic E-state index is 0.131. The quantitative estimate of drug-likeness (QED) is 0.694. The number of primary sulfonamides is 1. The predicted molar refractivity (Wildman–Crippen MR) is 69.1 cm³/mol. The molecular weight excluding hydrogens is 256 g/mol. The van der Waals surface area contributed by atoms with Gasteiger partial charge < -0.3 is 15.2 Å². The van der Waals surface area contributed by atoms with Gasteiger partial charge in [0.2, 0.25) is 10.0 Å². The normalized spacial score (nSPS) is 13.3. The first-order valence-electron chi connectivity index (χ1n) is 5.44. The van der Waals surface area contributed by atoms with Gasteiger partial charge in [-0.05, 0) is 25.1 Å². The van der Waals surface area contributed by atoms with Crippen molar-refractivity contribution in [1.82, 2.24) is 5.32 Å². The first-order chi connectivity index (χ1) is 8.33. The van der Waals surface area contributed by atoms with E-state index in [-0.39, 0.29) is 24.1 Å². The molecule has 1 rings (SSSR count). The van der Waals surface area contributed by atoms with Crippen LogP contribution < -0.4 is 15.2 Å². The number of rotatable bonds is 6. The van der Waals surface area contributed by atoms with Crippen LogP contribution in [0.5, 0.6) is 11.5 Å². The van der Waals surface area contributed by atoms with Crippen molar-refractivity contribution in [3.63, 3.8) is 0 Å². The van der Waals surface area contributed by atoms with E-state index in [0.29, 0.717) is 11.3 Å². The standard InChI is InChI=1S/C11H18N2O4S/c1-8(13-5-6-18(12,15)16)10-7-9(17-2)3-4-11(10)14/h3-4,7-8,13-14H,5-6H2,1-2H3,(H2,12,15,16). The summed E-state index contributed by atoms with van der Waals surface area (Å²) in [5.74, 6) is 0.608. The number of nitrogens with one attached hydrogen (secondary N) is 1. The van der Waals surface area contributed by atoms with Crippen molar-refractivity contribution in [2.24, 2.45) is 5.14 Å². The third-order valence-electron chi connectivity index (χ3n) is 2.54. The fourth-order valence-corrected chi connectivity index (χ4v) is 1.94. The van der Waals surface area contributed by atoms with Gasteiger partial charge in [0.05, 0.1) is 12.9 Å². The molecule has 0 bridgehead atoms. The molecule has 0 heterocycles. The van der Waals surface area contributed by atoms with Gasteiger partial charge in [0.1, 0.15) is 11.5 Å². The van der Waals surface area contributed by atoms with Crippen LogP contribution in [0.2, 0.25) is 0 Å². The molecule has 0 aromatic heterocycles. The predicted octanol–water partition coefficient (Wildman–Crippen LogP) is 0.340. The van der Waals surface area contributed by atoms with E-state index in [1.807, 2.05) is 6.92 Å². The third kappa shape index (κ3) is 4.52. The van der Waals surface area contributed by atoms with Gasteiger partial charge in [-0.15, -0.1) is 0 Å². The van der Waals surface area contributed by atoms with Crippen LogP contribution in [0.4, 0.5) is 0 Å². The third-order valence-corrected chi connectivity index (χ3v) is 3.31. The fourth-order valence-electron chi connectivity index (χ4n) is 1.53. The Morgan fingerprint density at radius 3 is 2.72 bits per heavy atom. The summed E-state index contributed by atoms with van der Waals surface area (Å²) in [6.07, 6.45) is 0. The van der Waals surface area contributed by atoms with Crippen molar-refractivity contribution in [3.05, 3.63) is 23.8 Å². The van der Waals surface area contributed by atoms with Crippen LogP contribution in [0.25, 0.3) is 0 Å². The molecule has 0 aliphatic rings. The van der Waals surface area contributed by atoms with Crippen molar-refractivity contribution in [2.45, 2.75) is 13.0 Å². The minimum Gasteiger partial charge on any atom is -0.508 e. The number of hydrogen-bond acceptors (Lipinski definition) is 5. The topological polar surface area (TPSA) is 102 Å². The van der Waals surface area contributed by atoms with Crippen molar-refractivity contribution in [2.75, 3.05) is 19.4 Å². The van der Waals surface area contributed by atoms with E-state index in [2.05, 4.69) is 5.32 Å². The molecule has 0 fully saturated rings. The summed E-state index contributed by atoms with van der Waals surface area (Å²) in [5, 5.41) is 17.6. The highest BCUT2D eigenvalue weighted by Crippen LogP contribution is 2.27. The number of hydrogen-bond donors (Lipinski definition) is 3. The lowest BCUT2D eigenvalue weighted by Crippen LogP contribution is -2.28. The van der Waals surface area contributed by atoms with Crippen LogP contribution in [-0.4, -0.2) is 32.9 Å². The van der Waals surface area contributed by atoms with E-state index in [0.717, 1.165) is 0 Å². The lowest BCUT2D eigenvalue weighted by atomic mass is 10.1. The van der Waals surface area contributed by atoms with Crippen LogP contribution in [0, 0.1) is 0 Å². The lowest BCUT2D eigenvalue weighted by molar-refractivity contribution is 0.408. The lowest BCUT2D eigenvalue weighted by Gasteiger charge is -2.16. The highest BCUT2D eigenvalue weighted by molar-refractivity contribution is 7.89. The summed E-state index contributed by atoms with van der Waals surface area (Å²) >= 11 is 0. The number of phenols is 1. The van der Waals surface area contributed by atoms with Gasteiger partial charge in [0, 0.05) is 18.2 Å². The Kier molecular flexibility index (Phi) is 4.94. The molecule has 0 amide bonds. The summed E-state index contributed by atoms with van der Waals surface area (Å²) < 4.78 is 26.6. The van der Waals surface area contributed by atoms with Crippen LogP contribution in [-0.2, 0) is 10.0 Å². The van der Waals surface area contributed by atoms with Gasteiger partial charge in [-0.1, -0.05) is 0 Å². The molecule has 0 aliphatic carbocycles. The average Bonchev–Trinajstić information content (AvgIpc) is 2.27. The summed E-state index contributed by atoms with van der Waals surface area (Å²) in [5.41, 5.74) is 0.642. The first-order valence-corrected chi connectivity index (χ1v) is 7.16. The Hall–Kier alpha value is -1.31. The molecule has 0 spiro atoms. The monoisotopic (exact) mass is 274 g/mol. The highest BCUT2D eigenvalue weighted by Gasteiger charge is 2.12. The number of sulfonamides is 1. The van der Waals surface area contributed by atoms with E-state index in [9.17, 15) is 13.5 Å². The minimum atomic E-state index is -3.47. The Labute approximate surface area is 107 Å². The van der Waals surface area contributed by atoms with Crippen LogP contribution >= 0.6 is 0 Å². The van der Waals surface area contributed by atoms with Gasteiger partial charge in [-0.25, -0.2) is 13.6 Å². The molecule has 0 saturated carbocycles. The maximum Gasteiger partial charge on any atom is 0.210 e. The second-order valence-electron chi connectivity index (χ2n) is 3.97. The molecule has 0 saturated heterocycles. The number of ether oxygens (including phenoxy) is 1. The summed E-state index contributed by atoms with van der Waals surface area (Å²) in [6, 6.07) is 4.67. The smallest absolute Gasteiger partial charge is 0.210 e. The zero-order chi connectivity index (χ0) is 13.8. The van der Waals surface area contributed by atoms with Crippen molar-refractivity contribution >= 4 is 10.0 Å². The molecule has 0 aliphatic heterocycles. The zero-order valence-electron chi connectivity index (χ0n) is 10.4. The molecule has 102 valence electrons. The molecule has 18 heavy (non-hydrogen) atoms. The van der Waals surface area contributed by atoms with E-state index in [1.165, 1.54) is 13.2 Å². The Morgan fingerprint density at radius 1 is 1.50 bits per heavy atom. The van der Waals surface area contributed by atoms with Gasteiger partial charge in [-0.3, -0.25) is 0 Å². The van der Waals surface area contributed by atoms with Crippen molar-refractivity contribution < 1.29 is 18.3 Å². The van der Waals surface area contributed by atoms with Gasteiger partial charge in [0.25, 0.3) is 0 Å². The van der Waals surface area contributed by atoms with E-state index >= 15 is 0 Å². The molecule has 1 aromatic carbocycles. The highest BCUT2D eigenvalue weighted by atomic mass is 32.2. The first kappa shape index (κ1) is 14.7. The average molecular weight is 274 g/mol. The molecular formula is C11H18N2O4S. The van der Waals surface area contributed by atoms with Crippen molar-refractivity contribution in [3.8, 4) is 11.5 Å². The van der Waals surface area contributed by atoms with E-state index < -0.39 is 10.0 Å². The summed E-state index contributed by atoms with van der Waals surface area (Å²) in [7, 11) is -1.94. The van der Waals surface area contributed by atoms with Crippen LogP contribution in [0.1, 0.15) is 18.5 Å². The second kappa shape index (κ2) is 6.03. The molecule has 0 radical (unpaired) electrons. The van der Waals surface area contributed by atoms with Gasteiger partial charge >= 0.3 is 0 Å². The SMILES string of the molecule is COc1ccc(O)c(C(C)NCCS(N)(=O)=O)c1.